The van der Waals surface area contributed by atoms with Crippen LogP contribution in [0.5, 0.6) is 5.75 Å². The fraction of sp³-hybridized carbons (Fsp3) is 0.500. The number of piperazine rings is 1. The van der Waals surface area contributed by atoms with Crippen molar-refractivity contribution < 1.29 is 23.5 Å². The van der Waals surface area contributed by atoms with Gasteiger partial charge in [0.15, 0.2) is 5.76 Å². The molecule has 1 aromatic heterocycles. The fourth-order valence-electron chi connectivity index (χ4n) is 5.12. The van der Waals surface area contributed by atoms with Crippen LogP contribution in [0.2, 0.25) is 0 Å². The van der Waals surface area contributed by atoms with E-state index in [9.17, 15) is 14.4 Å². The molecular formula is C26H32N4O5. The maximum atomic E-state index is 13.4. The number of piperidine rings is 1. The van der Waals surface area contributed by atoms with Crippen molar-refractivity contribution >= 4 is 23.5 Å². The lowest BCUT2D eigenvalue weighted by Crippen LogP contribution is -2.54. The van der Waals surface area contributed by atoms with E-state index in [2.05, 4.69) is 6.92 Å². The van der Waals surface area contributed by atoms with Crippen LogP contribution in [0.25, 0.3) is 0 Å². The number of carbonyl (C=O) groups excluding carboxylic acids is 3. The Morgan fingerprint density at radius 3 is 2.29 bits per heavy atom. The average Bonchev–Trinajstić information content (AvgIpc) is 3.46. The van der Waals surface area contributed by atoms with E-state index in [1.807, 2.05) is 39.0 Å². The molecule has 4 amide bonds. The molecule has 9 heteroatoms. The quantitative estimate of drug-likeness (QED) is 0.674. The maximum Gasteiger partial charge on any atom is 0.324 e. The van der Waals surface area contributed by atoms with Gasteiger partial charge in [-0.1, -0.05) is 19.1 Å². The number of carbonyl (C=O) groups is 3. The molecule has 0 N–H and O–H groups in total. The second-order valence-electron chi connectivity index (χ2n) is 9.37. The zero-order valence-electron chi connectivity index (χ0n) is 20.1. The fourth-order valence-corrected chi connectivity index (χ4v) is 5.12. The Bertz CT molecular complexity index is 1060. The van der Waals surface area contributed by atoms with E-state index < -0.39 is 0 Å². The van der Waals surface area contributed by atoms with Gasteiger partial charge in [-0.25, -0.2) is 4.79 Å². The number of hydrogen-bond donors (Lipinski definition) is 0. The predicted molar refractivity (Wildman–Crippen MR) is 129 cm³/mol. The third kappa shape index (κ3) is 4.72. The summed E-state index contributed by atoms with van der Waals surface area (Å²) in [5.74, 6) is 0.976. The zero-order chi connectivity index (χ0) is 24.4. The van der Waals surface area contributed by atoms with E-state index >= 15 is 0 Å². The molecule has 2 aromatic rings. The van der Waals surface area contributed by atoms with Crippen molar-refractivity contribution in [3.63, 3.8) is 0 Å². The highest BCUT2D eigenvalue weighted by atomic mass is 16.5. The van der Waals surface area contributed by atoms with Crippen LogP contribution >= 0.6 is 0 Å². The molecule has 1 atom stereocenters. The molecule has 0 saturated carbocycles. The van der Waals surface area contributed by atoms with Gasteiger partial charge in [0, 0.05) is 45.2 Å². The minimum absolute atomic E-state index is 0.0184. The first-order chi connectivity index (χ1) is 17.0. The molecule has 1 aromatic carbocycles. The molecule has 4 heterocycles. The Morgan fingerprint density at radius 2 is 1.60 bits per heavy atom. The number of anilines is 1. The minimum atomic E-state index is -0.135. The molecule has 2 fully saturated rings. The van der Waals surface area contributed by atoms with E-state index in [4.69, 9.17) is 9.15 Å². The van der Waals surface area contributed by atoms with Crippen molar-refractivity contribution in [2.75, 3.05) is 50.7 Å². The van der Waals surface area contributed by atoms with Gasteiger partial charge in [-0.2, -0.15) is 0 Å². The second kappa shape index (κ2) is 10.0. The first kappa shape index (κ1) is 23.3. The summed E-state index contributed by atoms with van der Waals surface area (Å²) in [6.45, 7) is 5.75. The molecule has 3 aliphatic rings. The third-order valence-electron chi connectivity index (χ3n) is 7.25. The summed E-state index contributed by atoms with van der Waals surface area (Å²) in [6, 6.07) is 11.0. The van der Waals surface area contributed by atoms with E-state index in [0.717, 1.165) is 17.9 Å². The predicted octanol–water partition coefficient (Wildman–Crippen LogP) is 3.07. The first-order valence-electron chi connectivity index (χ1n) is 12.5. The molecule has 9 nitrogen and oxygen atoms in total. The average molecular weight is 481 g/mol. The highest BCUT2D eigenvalue weighted by Crippen LogP contribution is 2.35. The van der Waals surface area contributed by atoms with Crippen molar-refractivity contribution in [2.24, 2.45) is 5.92 Å². The molecule has 0 aliphatic carbocycles. The molecule has 0 spiro atoms. The normalized spacial score (nSPS) is 20.9. The van der Waals surface area contributed by atoms with E-state index in [0.29, 0.717) is 64.4 Å². The van der Waals surface area contributed by atoms with E-state index in [1.165, 1.54) is 6.26 Å². The molecule has 2 saturated heterocycles. The van der Waals surface area contributed by atoms with Gasteiger partial charge in [0.2, 0.25) is 5.91 Å². The number of likely N-dealkylation sites (tertiary alicyclic amines) is 1. The van der Waals surface area contributed by atoms with Gasteiger partial charge in [-0.05, 0) is 43.5 Å². The summed E-state index contributed by atoms with van der Waals surface area (Å²) in [5, 5.41) is 0. The lowest BCUT2D eigenvalue weighted by Gasteiger charge is -2.41. The highest BCUT2D eigenvalue weighted by Gasteiger charge is 2.36. The molecule has 186 valence electrons. The topological polar surface area (TPSA) is 86.5 Å². The van der Waals surface area contributed by atoms with Gasteiger partial charge in [-0.3, -0.25) is 14.5 Å². The number of nitrogens with zero attached hydrogens (tertiary/aromatic N) is 4. The number of rotatable bonds is 3. The van der Waals surface area contributed by atoms with Gasteiger partial charge in [0.1, 0.15) is 11.9 Å². The number of para-hydroxylation sites is 2. The molecule has 0 radical (unpaired) electrons. The Balaban J connectivity index is 1.14. The number of ether oxygens (including phenoxy) is 1. The lowest BCUT2D eigenvalue weighted by atomic mass is 9.95. The zero-order valence-corrected chi connectivity index (χ0v) is 20.1. The van der Waals surface area contributed by atoms with Crippen LogP contribution in [0.1, 0.15) is 36.7 Å². The molecule has 0 unspecified atom stereocenters. The van der Waals surface area contributed by atoms with Crippen molar-refractivity contribution in [3.8, 4) is 5.75 Å². The number of furan rings is 1. The van der Waals surface area contributed by atoms with Crippen LogP contribution in [0.3, 0.4) is 0 Å². The van der Waals surface area contributed by atoms with Crippen LogP contribution in [0, 0.1) is 5.92 Å². The number of benzene rings is 1. The van der Waals surface area contributed by atoms with E-state index in [1.54, 1.807) is 17.0 Å². The summed E-state index contributed by atoms with van der Waals surface area (Å²) < 4.78 is 11.2. The summed E-state index contributed by atoms with van der Waals surface area (Å²) in [5.41, 5.74) is 0.808. The smallest absolute Gasteiger partial charge is 0.324 e. The standard InChI is InChI=1S/C26H32N4O5/c1-2-20-18-30(21-6-3-4-7-22(21)35-20)26(33)29-11-9-19(10-12-29)24(31)27-13-15-28(16-14-27)25(32)23-8-5-17-34-23/h3-8,17,19-20H,2,9-16,18H2,1H3/t20-/m1/s1. The summed E-state index contributed by atoms with van der Waals surface area (Å²) in [4.78, 5) is 46.3. The maximum absolute atomic E-state index is 13.4. The van der Waals surface area contributed by atoms with Crippen LogP contribution in [0.4, 0.5) is 10.5 Å². The van der Waals surface area contributed by atoms with Gasteiger partial charge in [-0.15, -0.1) is 0 Å². The summed E-state index contributed by atoms with van der Waals surface area (Å²) in [7, 11) is 0. The highest BCUT2D eigenvalue weighted by molar-refractivity contribution is 5.94. The number of amides is 4. The van der Waals surface area contributed by atoms with Crippen LogP contribution < -0.4 is 9.64 Å². The molecular weight excluding hydrogens is 448 g/mol. The van der Waals surface area contributed by atoms with Gasteiger partial charge in [0.05, 0.1) is 18.5 Å². The number of fused-ring (bicyclic) bond motifs is 1. The van der Waals surface area contributed by atoms with Crippen molar-refractivity contribution in [1.82, 2.24) is 14.7 Å². The van der Waals surface area contributed by atoms with Crippen molar-refractivity contribution in [2.45, 2.75) is 32.3 Å². The van der Waals surface area contributed by atoms with Gasteiger partial charge < -0.3 is 23.9 Å². The van der Waals surface area contributed by atoms with Crippen LogP contribution in [-0.4, -0.2) is 84.5 Å². The Morgan fingerprint density at radius 1 is 0.886 bits per heavy atom. The monoisotopic (exact) mass is 480 g/mol. The lowest BCUT2D eigenvalue weighted by molar-refractivity contribution is -0.138. The second-order valence-corrected chi connectivity index (χ2v) is 9.37. The number of urea groups is 1. The SMILES string of the molecule is CC[C@@H]1CN(C(=O)N2CCC(C(=O)N3CCN(C(=O)c4ccco4)CC3)CC2)c2ccccc2O1. The van der Waals surface area contributed by atoms with Gasteiger partial charge >= 0.3 is 6.03 Å². The molecule has 35 heavy (non-hydrogen) atoms. The number of hydrogen-bond acceptors (Lipinski definition) is 5. The van der Waals surface area contributed by atoms with Gasteiger partial charge in [0.25, 0.3) is 5.91 Å². The van der Waals surface area contributed by atoms with Crippen LogP contribution in [-0.2, 0) is 4.79 Å². The third-order valence-corrected chi connectivity index (χ3v) is 7.25. The van der Waals surface area contributed by atoms with Crippen molar-refractivity contribution in [1.29, 1.82) is 0 Å². The Labute approximate surface area is 205 Å². The molecule has 0 bridgehead atoms. The largest absolute Gasteiger partial charge is 0.486 e. The van der Waals surface area contributed by atoms with E-state index in [-0.39, 0.29) is 29.9 Å². The summed E-state index contributed by atoms with van der Waals surface area (Å²) >= 11 is 0. The van der Waals surface area contributed by atoms with Crippen molar-refractivity contribution in [3.05, 3.63) is 48.4 Å². The Hall–Kier alpha value is -3.49. The first-order valence-corrected chi connectivity index (χ1v) is 12.5. The minimum Gasteiger partial charge on any atom is -0.486 e. The van der Waals surface area contributed by atoms with Crippen LogP contribution in [0.15, 0.2) is 47.1 Å². The molecule has 5 rings (SSSR count). The Kier molecular flexibility index (Phi) is 6.66. The molecule has 3 aliphatic heterocycles. The summed E-state index contributed by atoms with van der Waals surface area (Å²) in [6.07, 6.45) is 3.60.